The summed E-state index contributed by atoms with van der Waals surface area (Å²) in [5.41, 5.74) is -0.474. The summed E-state index contributed by atoms with van der Waals surface area (Å²) < 4.78 is 11.0. The smallest absolute Gasteiger partial charge is 0.408 e. The van der Waals surface area contributed by atoms with Crippen LogP contribution in [0.3, 0.4) is 0 Å². The van der Waals surface area contributed by atoms with Crippen molar-refractivity contribution in [2.45, 2.75) is 104 Å². The Morgan fingerprint density at radius 2 is 1.50 bits per heavy atom. The SMILES string of the molecule is Cc1cccc(C(C(=O)NC(Cc2ccccc2)C(=O)OC(C)(C)C)N(CC#N)C(=O)C(CC(C)C)NC(=O)OC(C)(C)C)c1O. The standard InChI is InChI=1S/C35H48N4O7/c1-22(2)20-26(38-33(44)46-35(7,8)9)31(42)39(19-18-36)28(25-17-13-14-23(3)29(25)40)30(41)37-27(32(43)45-34(4,5)6)21-24-15-11-10-12-16-24/h10-17,22,26-28,40H,19-21H2,1-9H3,(H,37,41)(H,38,44). The molecule has 11 nitrogen and oxygen atoms in total. The number of alkyl carbamates (subject to hydrolysis) is 1. The lowest BCUT2D eigenvalue weighted by molar-refractivity contribution is -0.159. The van der Waals surface area contributed by atoms with Crippen LogP contribution >= 0.6 is 0 Å². The second-order valence-electron chi connectivity index (χ2n) is 13.7. The van der Waals surface area contributed by atoms with Gasteiger partial charge in [-0.05, 0) is 71.9 Å². The van der Waals surface area contributed by atoms with E-state index in [0.717, 1.165) is 10.5 Å². The number of carbonyl (C=O) groups excluding carboxylic acids is 4. The molecule has 2 rings (SSSR count). The number of nitrogens with zero attached hydrogens (tertiary/aromatic N) is 2. The zero-order valence-corrected chi connectivity index (χ0v) is 28.3. The minimum absolute atomic E-state index is 0.0457. The first-order chi connectivity index (χ1) is 21.3. The summed E-state index contributed by atoms with van der Waals surface area (Å²) in [5, 5.41) is 26.3. The van der Waals surface area contributed by atoms with Crippen molar-refractivity contribution >= 4 is 23.9 Å². The molecule has 0 aromatic heterocycles. The predicted molar refractivity (Wildman–Crippen MR) is 173 cm³/mol. The Morgan fingerprint density at radius 1 is 0.891 bits per heavy atom. The number of benzene rings is 2. The van der Waals surface area contributed by atoms with Gasteiger partial charge in [-0.2, -0.15) is 5.26 Å². The van der Waals surface area contributed by atoms with E-state index in [1.807, 2.05) is 26.0 Å². The second-order valence-corrected chi connectivity index (χ2v) is 13.7. The largest absolute Gasteiger partial charge is 0.507 e. The Hall–Kier alpha value is -4.59. The molecule has 0 aliphatic heterocycles. The molecule has 250 valence electrons. The lowest BCUT2D eigenvalue weighted by Gasteiger charge is -2.34. The van der Waals surface area contributed by atoms with Gasteiger partial charge in [0.05, 0.1) is 6.07 Å². The molecule has 0 aliphatic carbocycles. The number of ether oxygens (including phenoxy) is 2. The normalized spacial score (nSPS) is 13.5. The van der Waals surface area contributed by atoms with Gasteiger partial charge in [-0.3, -0.25) is 9.59 Å². The van der Waals surface area contributed by atoms with E-state index >= 15 is 0 Å². The number of para-hydroxylation sites is 1. The van der Waals surface area contributed by atoms with Crippen LogP contribution < -0.4 is 10.6 Å². The lowest BCUT2D eigenvalue weighted by Crippen LogP contribution is -2.55. The monoisotopic (exact) mass is 636 g/mol. The van der Waals surface area contributed by atoms with E-state index < -0.39 is 59.7 Å². The number of nitrogens with one attached hydrogen (secondary N) is 2. The van der Waals surface area contributed by atoms with E-state index in [4.69, 9.17) is 9.47 Å². The van der Waals surface area contributed by atoms with Gasteiger partial charge >= 0.3 is 12.1 Å². The fourth-order valence-electron chi connectivity index (χ4n) is 4.74. The van der Waals surface area contributed by atoms with Gasteiger partial charge in [0, 0.05) is 12.0 Å². The van der Waals surface area contributed by atoms with E-state index in [1.165, 1.54) is 6.07 Å². The number of hydrogen-bond donors (Lipinski definition) is 3. The summed E-state index contributed by atoms with van der Waals surface area (Å²) in [6, 6.07) is 11.8. The zero-order chi connectivity index (χ0) is 34.8. The third-order valence-electron chi connectivity index (χ3n) is 6.63. The predicted octanol–water partition coefficient (Wildman–Crippen LogP) is 5.10. The number of aryl methyl sites for hydroxylation is 1. The highest BCUT2D eigenvalue weighted by Gasteiger charge is 2.39. The van der Waals surface area contributed by atoms with Gasteiger partial charge in [-0.1, -0.05) is 62.4 Å². The van der Waals surface area contributed by atoms with E-state index in [0.29, 0.717) is 5.56 Å². The van der Waals surface area contributed by atoms with Crippen molar-refractivity contribution in [3.63, 3.8) is 0 Å². The molecular weight excluding hydrogens is 588 g/mol. The third kappa shape index (κ3) is 11.7. The van der Waals surface area contributed by atoms with E-state index in [9.17, 15) is 29.5 Å². The minimum atomic E-state index is -1.55. The summed E-state index contributed by atoms with van der Waals surface area (Å²) in [6.07, 6.45) is -0.588. The fraction of sp³-hybridized carbons (Fsp3) is 0.514. The molecule has 0 bridgehead atoms. The van der Waals surface area contributed by atoms with E-state index in [1.54, 1.807) is 84.9 Å². The summed E-state index contributed by atoms with van der Waals surface area (Å²) in [4.78, 5) is 55.7. The van der Waals surface area contributed by atoms with Crippen molar-refractivity contribution in [2.75, 3.05) is 6.54 Å². The number of phenolic OH excluding ortho intramolecular Hbond substituents is 1. The van der Waals surface area contributed by atoms with Crippen LogP contribution in [-0.4, -0.2) is 63.7 Å². The molecule has 2 aromatic carbocycles. The molecule has 0 aliphatic rings. The third-order valence-corrected chi connectivity index (χ3v) is 6.63. The Morgan fingerprint density at radius 3 is 2.04 bits per heavy atom. The molecule has 0 radical (unpaired) electrons. The first kappa shape index (κ1) is 37.6. The molecule has 0 saturated carbocycles. The Labute approximate surface area is 272 Å². The maximum absolute atomic E-state index is 14.3. The van der Waals surface area contributed by atoms with Crippen LogP contribution in [-0.2, 0) is 30.3 Å². The van der Waals surface area contributed by atoms with Crippen LogP contribution in [0.25, 0.3) is 0 Å². The van der Waals surface area contributed by atoms with Crippen molar-refractivity contribution in [3.05, 3.63) is 65.2 Å². The number of aromatic hydroxyl groups is 1. The van der Waals surface area contributed by atoms with Crippen molar-refractivity contribution in [3.8, 4) is 11.8 Å². The van der Waals surface area contributed by atoms with Crippen molar-refractivity contribution in [2.24, 2.45) is 5.92 Å². The van der Waals surface area contributed by atoms with Gasteiger partial charge in [0.15, 0.2) is 0 Å². The summed E-state index contributed by atoms with van der Waals surface area (Å²) in [6.45, 7) is 15.0. The van der Waals surface area contributed by atoms with Gasteiger partial charge < -0.3 is 30.1 Å². The minimum Gasteiger partial charge on any atom is -0.507 e. The van der Waals surface area contributed by atoms with Crippen LogP contribution in [0.1, 0.15) is 84.5 Å². The number of esters is 1. The first-order valence-corrected chi connectivity index (χ1v) is 15.4. The lowest BCUT2D eigenvalue weighted by atomic mass is 9.96. The second kappa shape index (κ2) is 16.1. The van der Waals surface area contributed by atoms with Crippen LogP contribution in [0, 0.1) is 24.2 Å². The first-order valence-electron chi connectivity index (χ1n) is 15.4. The van der Waals surface area contributed by atoms with Crippen LogP contribution in [0.4, 0.5) is 4.79 Å². The Bertz CT molecular complexity index is 1400. The highest BCUT2D eigenvalue weighted by atomic mass is 16.6. The molecular formula is C35H48N4O7. The quantitative estimate of drug-likeness (QED) is 0.214. The Kier molecular flexibility index (Phi) is 13.2. The topological polar surface area (TPSA) is 158 Å². The number of hydrogen-bond acceptors (Lipinski definition) is 8. The highest BCUT2D eigenvalue weighted by Crippen LogP contribution is 2.33. The molecule has 3 atom stereocenters. The molecule has 0 heterocycles. The number of phenols is 1. The summed E-state index contributed by atoms with van der Waals surface area (Å²) in [5.74, 6) is -2.58. The highest BCUT2D eigenvalue weighted by molar-refractivity contribution is 5.94. The number of carbonyl (C=O) groups is 4. The van der Waals surface area contributed by atoms with Gasteiger partial charge in [0.1, 0.15) is 41.6 Å². The molecule has 3 amide bonds. The van der Waals surface area contributed by atoms with Gasteiger partial charge in [-0.15, -0.1) is 0 Å². The fourth-order valence-corrected chi connectivity index (χ4v) is 4.74. The molecule has 0 spiro atoms. The van der Waals surface area contributed by atoms with Crippen LogP contribution in [0.5, 0.6) is 5.75 Å². The zero-order valence-electron chi connectivity index (χ0n) is 28.3. The van der Waals surface area contributed by atoms with Gasteiger partial charge in [0.2, 0.25) is 11.8 Å². The van der Waals surface area contributed by atoms with Gasteiger partial charge in [0.25, 0.3) is 0 Å². The number of nitriles is 1. The molecule has 3 unspecified atom stereocenters. The molecule has 0 saturated heterocycles. The average molecular weight is 637 g/mol. The Balaban J connectivity index is 2.64. The molecule has 3 N–H and O–H groups in total. The number of amides is 3. The molecule has 0 fully saturated rings. The van der Waals surface area contributed by atoms with Crippen molar-refractivity contribution < 1.29 is 33.8 Å². The maximum Gasteiger partial charge on any atom is 0.408 e. The maximum atomic E-state index is 14.3. The van der Waals surface area contributed by atoms with Crippen LogP contribution in [0.2, 0.25) is 0 Å². The molecule has 46 heavy (non-hydrogen) atoms. The van der Waals surface area contributed by atoms with Crippen LogP contribution in [0.15, 0.2) is 48.5 Å². The van der Waals surface area contributed by atoms with Gasteiger partial charge in [-0.25, -0.2) is 9.59 Å². The molecule has 2 aromatic rings. The summed E-state index contributed by atoms with van der Waals surface area (Å²) in [7, 11) is 0. The number of rotatable bonds is 12. The van der Waals surface area contributed by atoms with Crippen molar-refractivity contribution in [1.82, 2.24) is 15.5 Å². The van der Waals surface area contributed by atoms with Crippen molar-refractivity contribution in [1.29, 1.82) is 5.26 Å². The summed E-state index contributed by atoms with van der Waals surface area (Å²) >= 11 is 0. The van der Waals surface area contributed by atoms with E-state index in [-0.39, 0.29) is 30.1 Å². The van der Waals surface area contributed by atoms with E-state index in [2.05, 4.69) is 10.6 Å². The average Bonchev–Trinajstić information content (AvgIpc) is 2.92. The molecule has 11 heteroatoms.